The molecule has 0 aromatic heterocycles. The molecule has 166 valence electrons. The molecular weight excluding hydrogens is 394 g/mol. The SMILES string of the molecule is CN=C(NCCc1ccc2c(c1)OCO2)NCc1cccc(COC2CCOCC2)c1. The minimum Gasteiger partial charge on any atom is -0.454 e. The molecule has 2 aliphatic rings. The molecular formula is C24H31N3O4. The minimum atomic E-state index is 0.302. The lowest BCUT2D eigenvalue weighted by atomic mass is 10.1. The van der Waals surface area contributed by atoms with E-state index in [0.717, 1.165) is 56.5 Å². The molecule has 0 spiro atoms. The Bertz CT molecular complexity index is 881. The van der Waals surface area contributed by atoms with Crippen LogP contribution in [0.25, 0.3) is 0 Å². The molecule has 0 atom stereocenters. The maximum absolute atomic E-state index is 6.04. The van der Waals surface area contributed by atoms with Crippen LogP contribution < -0.4 is 20.1 Å². The fourth-order valence-corrected chi connectivity index (χ4v) is 3.71. The van der Waals surface area contributed by atoms with Gasteiger partial charge in [-0.1, -0.05) is 30.3 Å². The van der Waals surface area contributed by atoms with E-state index in [4.69, 9.17) is 18.9 Å². The first-order chi connectivity index (χ1) is 15.3. The van der Waals surface area contributed by atoms with Gasteiger partial charge in [0, 0.05) is 33.4 Å². The number of rotatable bonds is 8. The Balaban J connectivity index is 1.20. The summed E-state index contributed by atoms with van der Waals surface area (Å²) in [6, 6.07) is 14.6. The van der Waals surface area contributed by atoms with Gasteiger partial charge in [0.15, 0.2) is 17.5 Å². The van der Waals surface area contributed by atoms with Crippen LogP contribution in [-0.2, 0) is 29.0 Å². The van der Waals surface area contributed by atoms with Gasteiger partial charge in [-0.2, -0.15) is 0 Å². The van der Waals surface area contributed by atoms with Gasteiger partial charge in [-0.05, 0) is 48.1 Å². The van der Waals surface area contributed by atoms with E-state index < -0.39 is 0 Å². The molecule has 0 aliphatic carbocycles. The molecule has 0 bridgehead atoms. The number of guanidine groups is 1. The molecule has 2 N–H and O–H groups in total. The third kappa shape index (κ3) is 6.35. The van der Waals surface area contributed by atoms with Crippen molar-refractivity contribution in [3.63, 3.8) is 0 Å². The Morgan fingerprint density at radius 2 is 1.84 bits per heavy atom. The predicted octanol–water partition coefficient (Wildman–Crippen LogP) is 3.02. The van der Waals surface area contributed by atoms with Crippen LogP contribution in [0.5, 0.6) is 11.5 Å². The number of hydrogen-bond acceptors (Lipinski definition) is 5. The maximum Gasteiger partial charge on any atom is 0.231 e. The molecule has 2 aromatic carbocycles. The summed E-state index contributed by atoms with van der Waals surface area (Å²) in [4.78, 5) is 4.33. The highest BCUT2D eigenvalue weighted by molar-refractivity contribution is 5.79. The Morgan fingerprint density at radius 1 is 1.00 bits per heavy atom. The van der Waals surface area contributed by atoms with Crippen molar-refractivity contribution in [1.82, 2.24) is 10.6 Å². The number of fused-ring (bicyclic) bond motifs is 1. The number of nitrogens with one attached hydrogen (secondary N) is 2. The highest BCUT2D eigenvalue weighted by Crippen LogP contribution is 2.32. The van der Waals surface area contributed by atoms with E-state index >= 15 is 0 Å². The first-order valence-corrected chi connectivity index (χ1v) is 10.9. The van der Waals surface area contributed by atoms with Crippen molar-refractivity contribution in [2.75, 3.05) is 33.6 Å². The summed E-state index contributed by atoms with van der Waals surface area (Å²) in [7, 11) is 1.79. The number of aliphatic imine (C=N–C) groups is 1. The second-order valence-corrected chi connectivity index (χ2v) is 7.73. The molecule has 2 aromatic rings. The largest absolute Gasteiger partial charge is 0.454 e. The summed E-state index contributed by atoms with van der Waals surface area (Å²) in [5.74, 6) is 2.42. The molecule has 2 heterocycles. The lowest BCUT2D eigenvalue weighted by molar-refractivity contribution is -0.0390. The third-order valence-corrected chi connectivity index (χ3v) is 5.47. The van der Waals surface area contributed by atoms with Crippen LogP contribution >= 0.6 is 0 Å². The molecule has 0 radical (unpaired) electrons. The van der Waals surface area contributed by atoms with Crippen molar-refractivity contribution >= 4 is 5.96 Å². The van der Waals surface area contributed by atoms with Crippen LogP contribution in [0, 0.1) is 0 Å². The first-order valence-electron chi connectivity index (χ1n) is 10.9. The zero-order valence-corrected chi connectivity index (χ0v) is 18.1. The Kier molecular flexibility index (Phi) is 7.63. The molecule has 7 heteroatoms. The summed E-state index contributed by atoms with van der Waals surface area (Å²) < 4.78 is 22.2. The molecule has 0 unspecified atom stereocenters. The van der Waals surface area contributed by atoms with Gasteiger partial charge in [0.25, 0.3) is 0 Å². The zero-order valence-electron chi connectivity index (χ0n) is 18.1. The monoisotopic (exact) mass is 425 g/mol. The Morgan fingerprint density at radius 3 is 2.71 bits per heavy atom. The van der Waals surface area contributed by atoms with E-state index in [1.54, 1.807) is 7.05 Å². The number of hydrogen-bond donors (Lipinski definition) is 2. The van der Waals surface area contributed by atoms with E-state index in [0.29, 0.717) is 26.0 Å². The van der Waals surface area contributed by atoms with Crippen LogP contribution in [0.2, 0.25) is 0 Å². The first kappa shape index (κ1) is 21.5. The van der Waals surface area contributed by atoms with E-state index in [9.17, 15) is 0 Å². The van der Waals surface area contributed by atoms with E-state index in [1.807, 2.05) is 12.1 Å². The molecule has 31 heavy (non-hydrogen) atoms. The topological polar surface area (TPSA) is 73.3 Å². The van der Waals surface area contributed by atoms with Gasteiger partial charge in [0.1, 0.15) is 0 Å². The van der Waals surface area contributed by atoms with E-state index in [-0.39, 0.29) is 0 Å². The van der Waals surface area contributed by atoms with Crippen LogP contribution in [0.15, 0.2) is 47.5 Å². The normalized spacial score (nSPS) is 16.4. The summed E-state index contributed by atoms with van der Waals surface area (Å²) >= 11 is 0. The maximum atomic E-state index is 6.04. The number of benzene rings is 2. The van der Waals surface area contributed by atoms with Gasteiger partial charge >= 0.3 is 0 Å². The fraction of sp³-hybridized carbons (Fsp3) is 0.458. The zero-order chi connectivity index (χ0) is 21.3. The Labute approximate surface area is 183 Å². The minimum absolute atomic E-state index is 0.302. The van der Waals surface area contributed by atoms with Gasteiger partial charge in [0.05, 0.1) is 12.7 Å². The smallest absolute Gasteiger partial charge is 0.231 e. The van der Waals surface area contributed by atoms with Crippen LogP contribution in [0.4, 0.5) is 0 Å². The lowest BCUT2D eigenvalue weighted by Crippen LogP contribution is -2.37. The van der Waals surface area contributed by atoms with Gasteiger partial charge < -0.3 is 29.6 Å². The Hall–Kier alpha value is -2.77. The summed E-state index contributed by atoms with van der Waals surface area (Å²) in [5, 5.41) is 6.75. The van der Waals surface area contributed by atoms with E-state index in [1.165, 1.54) is 16.7 Å². The van der Waals surface area contributed by atoms with Crippen molar-refractivity contribution in [2.45, 2.75) is 38.5 Å². The standard InChI is InChI=1S/C24H31N3O4/c1-25-24(26-10-7-18-5-6-22-23(14-18)31-17-30-22)27-15-19-3-2-4-20(13-19)16-29-21-8-11-28-12-9-21/h2-6,13-14,21H,7-12,15-17H2,1H3,(H2,25,26,27). The molecule has 0 amide bonds. The molecule has 7 nitrogen and oxygen atoms in total. The van der Waals surface area contributed by atoms with Crippen molar-refractivity contribution in [3.8, 4) is 11.5 Å². The average molecular weight is 426 g/mol. The fourth-order valence-electron chi connectivity index (χ4n) is 3.71. The van der Waals surface area contributed by atoms with Gasteiger partial charge in [-0.3, -0.25) is 4.99 Å². The molecule has 4 rings (SSSR count). The quantitative estimate of drug-likeness (QED) is 0.500. The van der Waals surface area contributed by atoms with Gasteiger partial charge in [-0.25, -0.2) is 0 Å². The highest BCUT2D eigenvalue weighted by Gasteiger charge is 2.14. The van der Waals surface area contributed by atoms with E-state index in [2.05, 4.69) is 46.0 Å². The second kappa shape index (κ2) is 11.0. The number of ether oxygens (including phenoxy) is 4. The third-order valence-electron chi connectivity index (χ3n) is 5.47. The van der Waals surface area contributed by atoms with Crippen molar-refractivity contribution in [1.29, 1.82) is 0 Å². The molecule has 1 saturated heterocycles. The van der Waals surface area contributed by atoms with Gasteiger partial charge in [0.2, 0.25) is 6.79 Å². The summed E-state index contributed by atoms with van der Waals surface area (Å²) in [6.07, 6.45) is 3.14. The molecule has 2 aliphatic heterocycles. The molecule has 0 saturated carbocycles. The number of nitrogens with zero attached hydrogens (tertiary/aromatic N) is 1. The van der Waals surface area contributed by atoms with Crippen LogP contribution in [-0.4, -0.2) is 45.7 Å². The molecule has 1 fully saturated rings. The average Bonchev–Trinajstić information content (AvgIpc) is 3.29. The van der Waals surface area contributed by atoms with Crippen molar-refractivity contribution < 1.29 is 18.9 Å². The van der Waals surface area contributed by atoms with Crippen LogP contribution in [0.1, 0.15) is 29.5 Å². The predicted molar refractivity (Wildman–Crippen MR) is 120 cm³/mol. The van der Waals surface area contributed by atoms with Crippen LogP contribution in [0.3, 0.4) is 0 Å². The summed E-state index contributed by atoms with van der Waals surface area (Å²) in [5.41, 5.74) is 3.59. The summed E-state index contributed by atoms with van der Waals surface area (Å²) in [6.45, 7) is 4.02. The van der Waals surface area contributed by atoms with Crippen molar-refractivity contribution in [2.24, 2.45) is 4.99 Å². The highest BCUT2D eigenvalue weighted by atomic mass is 16.7. The van der Waals surface area contributed by atoms with Gasteiger partial charge in [-0.15, -0.1) is 0 Å². The lowest BCUT2D eigenvalue weighted by Gasteiger charge is -2.22. The second-order valence-electron chi connectivity index (χ2n) is 7.73. The van der Waals surface area contributed by atoms with Crippen molar-refractivity contribution in [3.05, 3.63) is 59.2 Å².